The van der Waals surface area contributed by atoms with Crippen molar-refractivity contribution in [2.45, 2.75) is 6.42 Å². The average molecular weight is 269 g/mol. The molecule has 1 aromatic carbocycles. The molecule has 0 spiro atoms. The molecule has 0 N–H and O–H groups in total. The van der Waals surface area contributed by atoms with Gasteiger partial charge in [-0.05, 0) is 42.0 Å². The van der Waals surface area contributed by atoms with Crippen molar-refractivity contribution in [3.05, 3.63) is 48.3 Å². The molecule has 0 bridgehead atoms. The van der Waals surface area contributed by atoms with Crippen molar-refractivity contribution in [2.24, 2.45) is 7.05 Å². The standard InChI is InChI=1S/C15H15N3S/c1-18-14-3-2-11(6-9-19)10-13(14)17-15(18)12-4-7-16-8-5-12/h2-5,7-8,10,19H,6,9H2,1H3. The highest BCUT2D eigenvalue weighted by atomic mass is 32.1. The molecule has 0 amide bonds. The normalized spacial score (nSPS) is 11.1. The molecule has 0 unspecified atom stereocenters. The van der Waals surface area contributed by atoms with Crippen molar-refractivity contribution in [3.8, 4) is 11.4 Å². The third-order valence-electron chi connectivity index (χ3n) is 3.28. The zero-order chi connectivity index (χ0) is 13.2. The summed E-state index contributed by atoms with van der Waals surface area (Å²) in [6, 6.07) is 10.4. The largest absolute Gasteiger partial charge is 0.327 e. The van der Waals surface area contributed by atoms with Gasteiger partial charge in [0.25, 0.3) is 0 Å². The minimum atomic E-state index is 0.857. The first kappa shape index (κ1) is 12.2. The Labute approximate surface area is 117 Å². The molecule has 0 saturated heterocycles. The van der Waals surface area contributed by atoms with Gasteiger partial charge in [0.05, 0.1) is 11.0 Å². The molecule has 0 aliphatic carbocycles. The molecule has 0 radical (unpaired) electrons. The van der Waals surface area contributed by atoms with E-state index in [2.05, 4.69) is 40.4 Å². The minimum absolute atomic E-state index is 0.857. The number of fused-ring (bicyclic) bond motifs is 1. The van der Waals surface area contributed by atoms with Crippen LogP contribution in [0.4, 0.5) is 0 Å². The van der Waals surface area contributed by atoms with E-state index in [0.717, 1.165) is 34.6 Å². The highest BCUT2D eigenvalue weighted by Gasteiger charge is 2.09. The molecule has 2 heterocycles. The van der Waals surface area contributed by atoms with Gasteiger partial charge in [-0.3, -0.25) is 4.98 Å². The lowest BCUT2D eigenvalue weighted by molar-refractivity contribution is 0.958. The van der Waals surface area contributed by atoms with Gasteiger partial charge in [0.1, 0.15) is 5.82 Å². The molecule has 2 aromatic heterocycles. The van der Waals surface area contributed by atoms with Gasteiger partial charge in [-0.1, -0.05) is 6.07 Å². The SMILES string of the molecule is Cn1c(-c2ccncc2)nc2cc(CCS)ccc21. The molecule has 4 heteroatoms. The van der Waals surface area contributed by atoms with E-state index < -0.39 is 0 Å². The monoisotopic (exact) mass is 269 g/mol. The number of rotatable bonds is 3. The summed E-state index contributed by atoms with van der Waals surface area (Å²) in [7, 11) is 2.05. The summed E-state index contributed by atoms with van der Waals surface area (Å²) < 4.78 is 2.12. The molecule has 3 rings (SSSR count). The predicted molar refractivity (Wildman–Crippen MR) is 81.5 cm³/mol. The Morgan fingerprint density at radius 2 is 1.95 bits per heavy atom. The number of thiol groups is 1. The number of benzene rings is 1. The summed E-state index contributed by atoms with van der Waals surface area (Å²) in [6.45, 7) is 0. The molecule has 3 nitrogen and oxygen atoms in total. The lowest BCUT2D eigenvalue weighted by Crippen LogP contribution is -1.92. The fourth-order valence-corrected chi connectivity index (χ4v) is 2.55. The van der Waals surface area contributed by atoms with Crippen LogP contribution < -0.4 is 0 Å². The van der Waals surface area contributed by atoms with Crippen molar-refractivity contribution in [1.82, 2.24) is 14.5 Å². The fourth-order valence-electron chi connectivity index (χ4n) is 2.29. The van der Waals surface area contributed by atoms with Gasteiger partial charge in [0.15, 0.2) is 0 Å². The van der Waals surface area contributed by atoms with E-state index in [1.807, 2.05) is 19.2 Å². The summed E-state index contributed by atoms with van der Waals surface area (Å²) >= 11 is 4.28. The van der Waals surface area contributed by atoms with E-state index in [1.54, 1.807) is 12.4 Å². The summed E-state index contributed by atoms with van der Waals surface area (Å²) in [4.78, 5) is 8.78. The van der Waals surface area contributed by atoms with Crippen LogP contribution in [0.2, 0.25) is 0 Å². The third-order valence-corrected chi connectivity index (χ3v) is 3.51. The minimum Gasteiger partial charge on any atom is -0.327 e. The van der Waals surface area contributed by atoms with E-state index >= 15 is 0 Å². The van der Waals surface area contributed by atoms with Crippen LogP contribution in [0.1, 0.15) is 5.56 Å². The summed E-state index contributed by atoms with van der Waals surface area (Å²) in [5.74, 6) is 1.83. The van der Waals surface area contributed by atoms with E-state index in [9.17, 15) is 0 Å². The Hall–Kier alpha value is -1.81. The van der Waals surface area contributed by atoms with Crippen LogP contribution >= 0.6 is 12.6 Å². The van der Waals surface area contributed by atoms with Crippen LogP contribution in [0.15, 0.2) is 42.7 Å². The lowest BCUT2D eigenvalue weighted by Gasteiger charge is -2.02. The molecule has 96 valence electrons. The number of hydrogen-bond donors (Lipinski definition) is 1. The van der Waals surface area contributed by atoms with Gasteiger partial charge in [0.2, 0.25) is 0 Å². The van der Waals surface area contributed by atoms with Gasteiger partial charge in [0, 0.05) is 25.0 Å². The van der Waals surface area contributed by atoms with Gasteiger partial charge >= 0.3 is 0 Å². The van der Waals surface area contributed by atoms with Gasteiger partial charge in [-0.25, -0.2) is 4.98 Å². The Morgan fingerprint density at radius 3 is 2.68 bits per heavy atom. The molecular weight excluding hydrogens is 254 g/mol. The number of hydrogen-bond acceptors (Lipinski definition) is 3. The summed E-state index contributed by atoms with van der Waals surface area (Å²) in [5, 5.41) is 0. The molecule has 0 fully saturated rings. The predicted octanol–water partition coefficient (Wildman–Crippen LogP) is 3.11. The Morgan fingerprint density at radius 1 is 1.16 bits per heavy atom. The zero-order valence-electron chi connectivity index (χ0n) is 10.7. The number of pyridine rings is 1. The van der Waals surface area contributed by atoms with Crippen LogP contribution in [-0.2, 0) is 13.5 Å². The van der Waals surface area contributed by atoms with Crippen molar-refractivity contribution >= 4 is 23.7 Å². The second kappa shape index (κ2) is 5.05. The number of aryl methyl sites for hydroxylation is 2. The molecule has 0 aliphatic heterocycles. The fraction of sp³-hybridized carbons (Fsp3) is 0.200. The number of aromatic nitrogens is 3. The van der Waals surface area contributed by atoms with Crippen molar-refractivity contribution < 1.29 is 0 Å². The maximum atomic E-state index is 4.74. The Balaban J connectivity index is 2.14. The summed E-state index contributed by atoms with van der Waals surface area (Å²) in [6.07, 6.45) is 4.56. The highest BCUT2D eigenvalue weighted by molar-refractivity contribution is 7.80. The molecule has 19 heavy (non-hydrogen) atoms. The molecular formula is C15H15N3S. The van der Waals surface area contributed by atoms with Gasteiger partial charge in [-0.2, -0.15) is 12.6 Å². The summed E-state index contributed by atoms with van der Waals surface area (Å²) in [5.41, 5.74) is 4.55. The maximum Gasteiger partial charge on any atom is 0.140 e. The zero-order valence-corrected chi connectivity index (χ0v) is 11.6. The Kier molecular flexibility index (Phi) is 3.25. The van der Waals surface area contributed by atoms with Crippen LogP contribution in [0.3, 0.4) is 0 Å². The highest BCUT2D eigenvalue weighted by Crippen LogP contribution is 2.24. The first-order valence-electron chi connectivity index (χ1n) is 6.26. The van der Waals surface area contributed by atoms with Crippen molar-refractivity contribution in [3.63, 3.8) is 0 Å². The molecule has 0 atom stereocenters. The van der Waals surface area contributed by atoms with Gasteiger partial charge < -0.3 is 4.57 Å². The third kappa shape index (κ3) is 2.24. The number of imidazole rings is 1. The van der Waals surface area contributed by atoms with E-state index in [1.165, 1.54) is 5.56 Å². The van der Waals surface area contributed by atoms with Crippen LogP contribution in [-0.4, -0.2) is 20.3 Å². The van der Waals surface area contributed by atoms with Crippen LogP contribution in [0.25, 0.3) is 22.4 Å². The first-order chi connectivity index (χ1) is 9.29. The second-order valence-corrected chi connectivity index (χ2v) is 4.97. The van der Waals surface area contributed by atoms with Crippen LogP contribution in [0.5, 0.6) is 0 Å². The van der Waals surface area contributed by atoms with Crippen molar-refractivity contribution in [2.75, 3.05) is 5.75 Å². The quantitative estimate of drug-likeness (QED) is 0.741. The lowest BCUT2D eigenvalue weighted by atomic mass is 10.1. The molecule has 3 aromatic rings. The van der Waals surface area contributed by atoms with Crippen LogP contribution in [0, 0.1) is 0 Å². The second-order valence-electron chi connectivity index (χ2n) is 4.53. The molecule has 0 saturated carbocycles. The smallest absolute Gasteiger partial charge is 0.140 e. The van der Waals surface area contributed by atoms with E-state index in [0.29, 0.717) is 0 Å². The van der Waals surface area contributed by atoms with Crippen molar-refractivity contribution in [1.29, 1.82) is 0 Å². The molecule has 0 aliphatic rings. The number of nitrogens with zero attached hydrogens (tertiary/aromatic N) is 3. The first-order valence-corrected chi connectivity index (χ1v) is 6.89. The van der Waals surface area contributed by atoms with E-state index in [-0.39, 0.29) is 0 Å². The Bertz CT molecular complexity index is 704. The average Bonchev–Trinajstić information content (AvgIpc) is 2.77. The topological polar surface area (TPSA) is 30.7 Å². The maximum absolute atomic E-state index is 4.74. The van der Waals surface area contributed by atoms with Gasteiger partial charge in [-0.15, -0.1) is 0 Å². The van der Waals surface area contributed by atoms with E-state index in [4.69, 9.17) is 4.98 Å².